The minimum Gasteiger partial charge on any atom is -0.481 e. The molecule has 4 nitrogen and oxygen atoms in total. The first kappa shape index (κ1) is 16.7. The number of hydrogen-bond donors (Lipinski definition) is 1. The number of aliphatic carboxylic acids is 1. The summed E-state index contributed by atoms with van der Waals surface area (Å²) in [7, 11) is 0. The number of carboxylic acids is 1. The number of para-hydroxylation sites is 1. The van der Waals surface area contributed by atoms with Crippen molar-refractivity contribution in [2.75, 3.05) is 13.1 Å². The van der Waals surface area contributed by atoms with E-state index in [2.05, 4.69) is 4.74 Å². The van der Waals surface area contributed by atoms with Crippen LogP contribution in [-0.4, -0.2) is 35.7 Å². The number of likely N-dealkylation sites (tertiary alicyclic amines) is 1. The first-order valence-electron chi connectivity index (χ1n) is 6.04. The van der Waals surface area contributed by atoms with Gasteiger partial charge < -0.3 is 9.84 Å². The summed E-state index contributed by atoms with van der Waals surface area (Å²) in [4.78, 5) is 12.8. The largest absolute Gasteiger partial charge is 0.481 e. The Morgan fingerprint density at radius 2 is 2.15 bits per heavy atom. The molecule has 7 heteroatoms. The highest BCUT2D eigenvalue weighted by Gasteiger charge is 2.28. The molecule has 1 unspecified atom stereocenters. The maximum atomic E-state index is 12.3. The molecule has 1 N–H and O–H groups in total. The van der Waals surface area contributed by atoms with Crippen LogP contribution in [-0.2, 0) is 11.3 Å². The molecule has 1 aromatic carbocycles. The molecule has 1 aromatic rings. The lowest BCUT2D eigenvalue weighted by atomic mass is 10.1. The Bertz CT molecular complexity index is 459. The van der Waals surface area contributed by atoms with Gasteiger partial charge in [0.25, 0.3) is 0 Å². The van der Waals surface area contributed by atoms with E-state index in [-0.39, 0.29) is 24.1 Å². The van der Waals surface area contributed by atoms with Crippen molar-refractivity contribution in [1.29, 1.82) is 0 Å². The Labute approximate surface area is 121 Å². The van der Waals surface area contributed by atoms with Gasteiger partial charge in [-0.05, 0) is 19.0 Å². The zero-order valence-electron chi connectivity index (χ0n) is 10.7. The van der Waals surface area contributed by atoms with Crippen LogP contribution in [0.5, 0.6) is 5.75 Å². The average molecular weight is 308 g/mol. The van der Waals surface area contributed by atoms with Crippen LogP contribution in [0.3, 0.4) is 0 Å². The molecule has 0 aromatic heterocycles. The third-order valence-corrected chi connectivity index (χ3v) is 3.20. The Morgan fingerprint density at radius 3 is 2.75 bits per heavy atom. The predicted octanol–water partition coefficient (Wildman–Crippen LogP) is 2.62. The molecule has 0 radical (unpaired) electrons. The third-order valence-electron chi connectivity index (χ3n) is 3.20. The summed E-state index contributed by atoms with van der Waals surface area (Å²) in [5.41, 5.74) is 0.647. The van der Waals surface area contributed by atoms with Gasteiger partial charge in [-0.25, -0.2) is 0 Å². The number of carbonyl (C=O) groups is 1. The predicted molar refractivity (Wildman–Crippen MR) is 71.3 cm³/mol. The zero-order chi connectivity index (χ0) is 13.8. The summed E-state index contributed by atoms with van der Waals surface area (Å²) in [6, 6.07) is 6.59. The summed E-state index contributed by atoms with van der Waals surface area (Å²) < 4.78 is 29.0. The van der Waals surface area contributed by atoms with Gasteiger partial charge >= 0.3 is 12.6 Å². The van der Waals surface area contributed by atoms with Crippen molar-refractivity contribution < 1.29 is 23.4 Å². The zero-order valence-corrected chi connectivity index (χ0v) is 11.5. The molecular weight excluding hydrogens is 292 g/mol. The van der Waals surface area contributed by atoms with Crippen LogP contribution in [0.4, 0.5) is 8.78 Å². The lowest BCUT2D eigenvalue weighted by Crippen LogP contribution is -2.23. The van der Waals surface area contributed by atoms with Crippen molar-refractivity contribution in [2.24, 2.45) is 5.92 Å². The normalized spacial score (nSPS) is 18.9. The summed E-state index contributed by atoms with van der Waals surface area (Å²) >= 11 is 0. The SMILES string of the molecule is Cl.O=C(O)C1CCN(Cc2ccccc2OC(F)F)C1. The molecule has 1 aliphatic rings. The van der Waals surface area contributed by atoms with Crippen molar-refractivity contribution >= 4 is 18.4 Å². The summed E-state index contributed by atoms with van der Waals surface area (Å²) in [6.07, 6.45) is 0.590. The minimum absolute atomic E-state index is 0. The number of benzene rings is 1. The van der Waals surface area contributed by atoms with Crippen LogP contribution in [0.2, 0.25) is 0 Å². The second-order valence-electron chi connectivity index (χ2n) is 4.55. The number of hydrogen-bond acceptors (Lipinski definition) is 3. The second-order valence-corrected chi connectivity index (χ2v) is 4.55. The van der Waals surface area contributed by atoms with Crippen LogP contribution in [0.25, 0.3) is 0 Å². The van der Waals surface area contributed by atoms with Gasteiger partial charge in [-0.15, -0.1) is 12.4 Å². The topological polar surface area (TPSA) is 49.8 Å². The van der Waals surface area contributed by atoms with Crippen molar-refractivity contribution in [3.63, 3.8) is 0 Å². The van der Waals surface area contributed by atoms with Crippen molar-refractivity contribution in [1.82, 2.24) is 4.90 Å². The van der Waals surface area contributed by atoms with Crippen molar-refractivity contribution in [3.05, 3.63) is 29.8 Å². The minimum atomic E-state index is -2.86. The van der Waals surface area contributed by atoms with E-state index < -0.39 is 12.6 Å². The summed E-state index contributed by atoms with van der Waals surface area (Å²) in [5.74, 6) is -1.03. The monoisotopic (exact) mass is 307 g/mol. The Kier molecular flexibility index (Phi) is 6.16. The first-order valence-corrected chi connectivity index (χ1v) is 6.04. The van der Waals surface area contributed by atoms with Crippen LogP contribution in [0, 0.1) is 5.92 Å². The Morgan fingerprint density at radius 1 is 1.45 bits per heavy atom. The van der Waals surface area contributed by atoms with Crippen LogP contribution >= 0.6 is 12.4 Å². The van der Waals surface area contributed by atoms with Gasteiger partial charge in [0.1, 0.15) is 5.75 Å². The smallest absolute Gasteiger partial charge is 0.387 e. The van der Waals surface area contributed by atoms with Gasteiger partial charge in [-0.3, -0.25) is 9.69 Å². The molecular formula is C13H16ClF2NO3. The summed E-state index contributed by atoms with van der Waals surface area (Å²) in [5, 5.41) is 8.92. The number of halogens is 3. The number of alkyl halides is 2. The fourth-order valence-corrected chi connectivity index (χ4v) is 2.26. The molecule has 112 valence electrons. The van der Waals surface area contributed by atoms with E-state index in [0.717, 1.165) is 0 Å². The number of rotatable bonds is 5. The molecule has 0 amide bonds. The fourth-order valence-electron chi connectivity index (χ4n) is 2.26. The maximum Gasteiger partial charge on any atom is 0.387 e. The highest BCUT2D eigenvalue weighted by molar-refractivity contribution is 5.85. The van der Waals surface area contributed by atoms with Gasteiger partial charge in [0.15, 0.2) is 0 Å². The maximum absolute atomic E-state index is 12.3. The number of ether oxygens (including phenoxy) is 1. The molecule has 0 saturated carbocycles. The van der Waals surface area contributed by atoms with Gasteiger partial charge in [-0.2, -0.15) is 8.78 Å². The van der Waals surface area contributed by atoms with Gasteiger partial charge in [0, 0.05) is 18.7 Å². The van der Waals surface area contributed by atoms with Gasteiger partial charge in [0.05, 0.1) is 5.92 Å². The molecule has 0 bridgehead atoms. The molecule has 1 fully saturated rings. The molecule has 20 heavy (non-hydrogen) atoms. The molecule has 0 spiro atoms. The van der Waals surface area contributed by atoms with E-state index in [1.165, 1.54) is 6.07 Å². The van der Waals surface area contributed by atoms with Crippen LogP contribution in [0.15, 0.2) is 24.3 Å². The fraction of sp³-hybridized carbons (Fsp3) is 0.462. The molecule has 1 atom stereocenters. The highest BCUT2D eigenvalue weighted by atomic mass is 35.5. The Balaban J connectivity index is 0.00000200. The highest BCUT2D eigenvalue weighted by Crippen LogP contribution is 2.25. The second kappa shape index (κ2) is 7.40. The molecule has 1 aliphatic heterocycles. The lowest BCUT2D eigenvalue weighted by Gasteiger charge is -2.17. The Hall–Kier alpha value is -1.40. The first-order chi connectivity index (χ1) is 9.06. The lowest BCUT2D eigenvalue weighted by molar-refractivity contribution is -0.141. The molecule has 1 heterocycles. The van der Waals surface area contributed by atoms with Crippen molar-refractivity contribution in [3.8, 4) is 5.75 Å². The van der Waals surface area contributed by atoms with E-state index in [1.807, 2.05) is 4.90 Å². The molecule has 1 saturated heterocycles. The van der Waals surface area contributed by atoms with E-state index in [0.29, 0.717) is 31.6 Å². The number of nitrogens with zero attached hydrogens (tertiary/aromatic N) is 1. The van der Waals surface area contributed by atoms with Gasteiger partial charge in [-0.1, -0.05) is 18.2 Å². The van der Waals surface area contributed by atoms with Crippen LogP contribution < -0.4 is 4.74 Å². The summed E-state index contributed by atoms with van der Waals surface area (Å²) in [6.45, 7) is -1.34. The third kappa shape index (κ3) is 4.31. The van der Waals surface area contributed by atoms with E-state index >= 15 is 0 Å². The van der Waals surface area contributed by atoms with Crippen molar-refractivity contribution in [2.45, 2.75) is 19.6 Å². The van der Waals surface area contributed by atoms with Gasteiger partial charge in [0.2, 0.25) is 0 Å². The number of carboxylic acid groups (broad SMARTS) is 1. The quantitative estimate of drug-likeness (QED) is 0.908. The van der Waals surface area contributed by atoms with E-state index in [4.69, 9.17) is 5.11 Å². The molecule has 0 aliphatic carbocycles. The standard InChI is InChI=1S/C13H15F2NO3.ClH/c14-13(15)19-11-4-2-1-3-9(11)7-16-6-5-10(8-16)12(17)18;/h1-4,10,13H,5-8H2,(H,17,18);1H. The molecule has 2 rings (SSSR count). The van der Waals surface area contributed by atoms with E-state index in [9.17, 15) is 13.6 Å². The van der Waals surface area contributed by atoms with Crippen LogP contribution in [0.1, 0.15) is 12.0 Å². The average Bonchev–Trinajstić information content (AvgIpc) is 2.80. The van der Waals surface area contributed by atoms with E-state index in [1.54, 1.807) is 18.2 Å².